The molecule has 0 spiro atoms. The molecule has 0 amide bonds. The zero-order valence-electron chi connectivity index (χ0n) is 15.2. The number of hydrogen-bond donors (Lipinski definition) is 0. The first-order valence-electron chi connectivity index (χ1n) is 8.60. The number of hydrogen-bond acceptors (Lipinski definition) is 4. The summed E-state index contributed by atoms with van der Waals surface area (Å²) in [5.41, 5.74) is 3.88. The van der Waals surface area contributed by atoms with Gasteiger partial charge in [-0.25, -0.2) is 0 Å². The summed E-state index contributed by atoms with van der Waals surface area (Å²) in [6.45, 7) is 4.78. The Morgan fingerprint density at radius 1 is 0.920 bits per heavy atom. The van der Waals surface area contributed by atoms with E-state index in [1.54, 1.807) is 14.2 Å². The second kappa shape index (κ2) is 7.18. The summed E-state index contributed by atoms with van der Waals surface area (Å²) in [7, 11) is 3.23. The number of rotatable bonds is 6. The van der Waals surface area contributed by atoms with E-state index in [1.165, 1.54) is 0 Å². The molecule has 0 saturated heterocycles. The molecule has 0 heterocycles. The summed E-state index contributed by atoms with van der Waals surface area (Å²) in [5, 5.41) is 0. The van der Waals surface area contributed by atoms with Crippen molar-refractivity contribution in [3.05, 3.63) is 41.5 Å². The van der Waals surface area contributed by atoms with Gasteiger partial charge in [0.05, 0.1) is 20.8 Å². The fourth-order valence-corrected chi connectivity index (χ4v) is 3.25. The molecule has 0 aliphatic heterocycles. The molecule has 0 atom stereocenters. The lowest BCUT2D eigenvalue weighted by Gasteiger charge is -2.20. The number of ether oxygens (including phenoxy) is 3. The summed E-state index contributed by atoms with van der Waals surface area (Å²) in [4.78, 5) is 12.1. The highest BCUT2D eigenvalue weighted by molar-refractivity contribution is 6.02. The van der Waals surface area contributed by atoms with Crippen molar-refractivity contribution < 1.29 is 19.0 Å². The SMILES string of the molecule is COc1ccc(-c2cccc3c2CCC3=O)c(OCC(C)C)c1OC. The minimum atomic E-state index is 0.210. The van der Waals surface area contributed by atoms with Crippen LogP contribution in [0.4, 0.5) is 0 Å². The first-order valence-corrected chi connectivity index (χ1v) is 8.60. The third kappa shape index (κ3) is 3.21. The van der Waals surface area contributed by atoms with Crippen LogP contribution in [0, 0.1) is 5.92 Å². The van der Waals surface area contributed by atoms with Crippen molar-refractivity contribution in [1.82, 2.24) is 0 Å². The van der Waals surface area contributed by atoms with Crippen LogP contribution in [0.5, 0.6) is 17.2 Å². The predicted molar refractivity (Wildman–Crippen MR) is 98.0 cm³/mol. The lowest BCUT2D eigenvalue weighted by Crippen LogP contribution is -2.07. The molecule has 132 valence electrons. The zero-order valence-corrected chi connectivity index (χ0v) is 15.2. The van der Waals surface area contributed by atoms with Gasteiger partial charge in [0, 0.05) is 17.5 Å². The predicted octanol–water partition coefficient (Wildman–Crippen LogP) is 4.53. The van der Waals surface area contributed by atoms with Crippen molar-refractivity contribution in [3.8, 4) is 28.4 Å². The second-order valence-electron chi connectivity index (χ2n) is 6.64. The maximum absolute atomic E-state index is 12.1. The minimum absolute atomic E-state index is 0.210. The molecule has 25 heavy (non-hydrogen) atoms. The molecule has 0 N–H and O–H groups in total. The molecule has 0 unspecified atom stereocenters. The Hall–Kier alpha value is -2.49. The van der Waals surface area contributed by atoms with Gasteiger partial charge in [-0.05, 0) is 35.6 Å². The Kier molecular flexibility index (Phi) is 4.98. The van der Waals surface area contributed by atoms with E-state index in [9.17, 15) is 4.79 Å². The molecule has 0 saturated carbocycles. The van der Waals surface area contributed by atoms with Gasteiger partial charge in [-0.2, -0.15) is 0 Å². The van der Waals surface area contributed by atoms with E-state index in [2.05, 4.69) is 13.8 Å². The van der Waals surface area contributed by atoms with Crippen LogP contribution in [-0.2, 0) is 6.42 Å². The molecule has 1 aliphatic carbocycles. The maximum atomic E-state index is 12.1. The van der Waals surface area contributed by atoms with Crippen LogP contribution in [0.1, 0.15) is 36.2 Å². The summed E-state index contributed by atoms with van der Waals surface area (Å²) in [6, 6.07) is 9.74. The summed E-state index contributed by atoms with van der Waals surface area (Å²) < 4.78 is 17.1. The van der Waals surface area contributed by atoms with Crippen LogP contribution in [0.25, 0.3) is 11.1 Å². The van der Waals surface area contributed by atoms with Gasteiger partial charge in [0.2, 0.25) is 5.75 Å². The molecule has 4 heteroatoms. The molecule has 0 fully saturated rings. The largest absolute Gasteiger partial charge is 0.493 e. The Morgan fingerprint density at radius 3 is 2.36 bits per heavy atom. The van der Waals surface area contributed by atoms with Crippen LogP contribution < -0.4 is 14.2 Å². The highest BCUT2D eigenvalue weighted by Crippen LogP contribution is 2.46. The minimum Gasteiger partial charge on any atom is -0.493 e. The lowest BCUT2D eigenvalue weighted by atomic mass is 9.95. The Morgan fingerprint density at radius 2 is 1.68 bits per heavy atom. The second-order valence-corrected chi connectivity index (χ2v) is 6.64. The number of carbonyl (C=O) groups is 1. The van der Waals surface area contributed by atoms with Crippen LogP contribution in [0.3, 0.4) is 0 Å². The average molecular weight is 340 g/mol. The monoisotopic (exact) mass is 340 g/mol. The first-order chi connectivity index (χ1) is 12.1. The molecule has 4 nitrogen and oxygen atoms in total. The van der Waals surface area contributed by atoms with E-state index in [0.717, 1.165) is 28.7 Å². The van der Waals surface area contributed by atoms with E-state index in [4.69, 9.17) is 14.2 Å². The quantitative estimate of drug-likeness (QED) is 0.775. The Labute approximate surface area is 148 Å². The molecule has 2 aromatic rings. The van der Waals surface area contributed by atoms with Crippen LogP contribution in [-0.4, -0.2) is 26.6 Å². The average Bonchev–Trinajstić information content (AvgIpc) is 3.00. The van der Waals surface area contributed by atoms with Gasteiger partial charge >= 0.3 is 0 Å². The molecular formula is C21H24O4. The standard InChI is InChI=1S/C21H24O4/c1-13(2)12-25-20-17(9-11-19(23-3)21(20)24-4)14-6-5-7-16-15(14)8-10-18(16)22/h5-7,9,11,13H,8,10,12H2,1-4H3. The fraction of sp³-hybridized carbons (Fsp3) is 0.381. The first kappa shape index (κ1) is 17.3. The van der Waals surface area contributed by atoms with E-state index >= 15 is 0 Å². The van der Waals surface area contributed by atoms with Crippen molar-refractivity contribution >= 4 is 5.78 Å². The number of Topliss-reactive ketones (excluding diaryl/α,β-unsaturated/α-hetero) is 1. The van der Waals surface area contributed by atoms with Gasteiger partial charge in [-0.15, -0.1) is 0 Å². The smallest absolute Gasteiger partial charge is 0.203 e. The van der Waals surface area contributed by atoms with Gasteiger partial charge in [0.15, 0.2) is 17.3 Å². The topological polar surface area (TPSA) is 44.8 Å². The Balaban J connectivity index is 2.18. The highest BCUT2D eigenvalue weighted by atomic mass is 16.5. The van der Waals surface area contributed by atoms with Gasteiger partial charge in [0.1, 0.15) is 0 Å². The summed E-state index contributed by atoms with van der Waals surface area (Å²) >= 11 is 0. The van der Waals surface area contributed by atoms with Crippen molar-refractivity contribution in [3.63, 3.8) is 0 Å². The number of carbonyl (C=O) groups excluding carboxylic acids is 1. The van der Waals surface area contributed by atoms with E-state index in [-0.39, 0.29) is 5.78 Å². The molecular weight excluding hydrogens is 316 g/mol. The van der Waals surface area contributed by atoms with Gasteiger partial charge in [-0.3, -0.25) is 4.79 Å². The van der Waals surface area contributed by atoms with E-state index in [1.807, 2.05) is 30.3 Å². The van der Waals surface area contributed by atoms with Crippen molar-refractivity contribution in [2.45, 2.75) is 26.7 Å². The van der Waals surface area contributed by atoms with Crippen molar-refractivity contribution in [2.24, 2.45) is 5.92 Å². The summed E-state index contributed by atoms with van der Waals surface area (Å²) in [5.74, 6) is 2.48. The fourth-order valence-electron chi connectivity index (χ4n) is 3.25. The van der Waals surface area contributed by atoms with Gasteiger partial charge in [-0.1, -0.05) is 32.0 Å². The van der Waals surface area contributed by atoms with Gasteiger partial charge < -0.3 is 14.2 Å². The molecule has 2 aromatic carbocycles. The third-order valence-corrected chi connectivity index (χ3v) is 4.43. The highest BCUT2D eigenvalue weighted by Gasteiger charge is 2.25. The van der Waals surface area contributed by atoms with Crippen LogP contribution in [0.15, 0.2) is 30.3 Å². The molecule has 0 radical (unpaired) electrons. The third-order valence-electron chi connectivity index (χ3n) is 4.43. The molecule has 0 bridgehead atoms. The summed E-state index contributed by atoms with van der Waals surface area (Å²) in [6.07, 6.45) is 1.34. The number of fused-ring (bicyclic) bond motifs is 1. The van der Waals surface area contributed by atoms with Crippen molar-refractivity contribution in [1.29, 1.82) is 0 Å². The van der Waals surface area contributed by atoms with E-state index < -0.39 is 0 Å². The van der Waals surface area contributed by atoms with Gasteiger partial charge in [0.25, 0.3) is 0 Å². The zero-order chi connectivity index (χ0) is 18.0. The number of benzene rings is 2. The Bertz CT molecular complexity index is 793. The molecule has 3 rings (SSSR count). The number of ketones is 1. The molecule has 0 aromatic heterocycles. The van der Waals surface area contributed by atoms with Crippen LogP contribution >= 0.6 is 0 Å². The van der Waals surface area contributed by atoms with E-state index in [0.29, 0.717) is 36.2 Å². The normalized spacial score (nSPS) is 13.1. The maximum Gasteiger partial charge on any atom is 0.203 e. The molecule has 1 aliphatic rings. The number of methoxy groups -OCH3 is 2. The lowest BCUT2D eigenvalue weighted by molar-refractivity contribution is 0.0994. The van der Waals surface area contributed by atoms with Crippen molar-refractivity contribution in [2.75, 3.05) is 20.8 Å². The van der Waals surface area contributed by atoms with Crippen LogP contribution in [0.2, 0.25) is 0 Å².